The van der Waals surface area contributed by atoms with Crippen molar-refractivity contribution in [2.24, 2.45) is 0 Å². The second kappa shape index (κ2) is 6.01. The molecule has 2 fully saturated rings. The van der Waals surface area contributed by atoms with Crippen molar-refractivity contribution in [1.82, 2.24) is 9.55 Å². The Bertz CT molecular complexity index is 514. The zero-order valence-electron chi connectivity index (χ0n) is 10.4. The summed E-state index contributed by atoms with van der Waals surface area (Å²) in [6, 6.07) is 1.56. The molecule has 2 N–H and O–H groups in total. The second-order valence-electron chi connectivity index (χ2n) is 4.30. The standard InChI is InChI=1S/C10H12BN3O4.Y/c1-5-8-6(4-16-11-18-8)17-9(5)14-3-2-7(12)13-10(14)15;/h2-3,6,8-9H,4H2,1H3,(H2,12,13,15);/q-1;/t6-,8+,9-;/m1./s1. The largest absolute Gasteiger partial charge is 0.485 e. The van der Waals surface area contributed by atoms with E-state index >= 15 is 0 Å². The maximum absolute atomic E-state index is 11.8. The predicted octanol–water partition coefficient (Wildman–Crippen LogP) is -0.736. The maximum atomic E-state index is 11.8. The molecule has 0 spiro atoms. The van der Waals surface area contributed by atoms with Crippen LogP contribution in [0.2, 0.25) is 0 Å². The summed E-state index contributed by atoms with van der Waals surface area (Å²) >= 11 is 0. The number of nitrogens with zero attached hydrogens (tertiary/aromatic N) is 2. The Balaban J connectivity index is 0.00000133. The fraction of sp³-hybridized carbons (Fsp3) is 0.500. The molecule has 0 aromatic carbocycles. The molecule has 1 aromatic rings. The molecular formula is C10H12BN3O4Y-. The van der Waals surface area contributed by atoms with Gasteiger partial charge in [0.25, 0.3) is 0 Å². The summed E-state index contributed by atoms with van der Waals surface area (Å²) < 4.78 is 17.6. The molecule has 2 radical (unpaired) electrons. The van der Waals surface area contributed by atoms with Crippen molar-refractivity contribution < 1.29 is 46.8 Å². The quantitative estimate of drug-likeness (QED) is 0.536. The Morgan fingerprint density at radius 2 is 2.42 bits per heavy atom. The van der Waals surface area contributed by atoms with Crippen molar-refractivity contribution in [3.63, 3.8) is 0 Å². The van der Waals surface area contributed by atoms with E-state index in [0.29, 0.717) is 6.61 Å². The first-order chi connectivity index (χ1) is 8.66. The number of ether oxygens (including phenoxy) is 1. The van der Waals surface area contributed by atoms with Crippen molar-refractivity contribution in [2.75, 3.05) is 12.3 Å². The summed E-state index contributed by atoms with van der Waals surface area (Å²) in [7, 11) is 1.31. The SMILES string of the molecule is C[C-]1[C@H](n2ccc(N)nc2=O)O[C@@H]2CO[B]O[C@@H]12.[Y]. The molecule has 1 aromatic heterocycles. The molecule has 98 valence electrons. The van der Waals surface area contributed by atoms with E-state index in [-0.39, 0.29) is 50.7 Å². The molecular weight excluding hydrogens is 326 g/mol. The molecule has 7 nitrogen and oxygen atoms in total. The third-order valence-corrected chi connectivity index (χ3v) is 3.11. The van der Waals surface area contributed by atoms with Gasteiger partial charge in [0.05, 0.1) is 12.7 Å². The number of hydrogen-bond acceptors (Lipinski definition) is 6. The summed E-state index contributed by atoms with van der Waals surface area (Å²) in [4.78, 5) is 15.5. The zero-order valence-corrected chi connectivity index (χ0v) is 13.2. The van der Waals surface area contributed by atoms with Gasteiger partial charge in [-0.25, -0.2) is 10.7 Å². The van der Waals surface area contributed by atoms with Crippen LogP contribution < -0.4 is 11.4 Å². The van der Waals surface area contributed by atoms with Crippen LogP contribution in [0.5, 0.6) is 0 Å². The Morgan fingerprint density at radius 3 is 3.11 bits per heavy atom. The van der Waals surface area contributed by atoms with Gasteiger partial charge in [0.15, 0.2) is 0 Å². The van der Waals surface area contributed by atoms with E-state index in [2.05, 4.69) is 4.98 Å². The zero-order chi connectivity index (χ0) is 12.7. The van der Waals surface area contributed by atoms with Crippen LogP contribution in [0.1, 0.15) is 13.2 Å². The number of fused-ring (bicyclic) bond motifs is 1. The van der Waals surface area contributed by atoms with Crippen LogP contribution in [0.4, 0.5) is 5.82 Å². The number of nitrogens with two attached hydrogens (primary N) is 1. The summed E-state index contributed by atoms with van der Waals surface area (Å²) in [5.74, 6) is 1.10. The van der Waals surface area contributed by atoms with Gasteiger partial charge < -0.3 is 24.3 Å². The van der Waals surface area contributed by atoms with Crippen molar-refractivity contribution in [3.05, 3.63) is 28.7 Å². The molecule has 0 amide bonds. The molecule has 9 heteroatoms. The fourth-order valence-corrected chi connectivity index (χ4v) is 2.22. The Morgan fingerprint density at radius 1 is 1.63 bits per heavy atom. The number of rotatable bonds is 1. The molecule has 2 saturated heterocycles. The van der Waals surface area contributed by atoms with Crippen molar-refractivity contribution in [3.8, 4) is 0 Å². The van der Waals surface area contributed by atoms with Crippen LogP contribution in [-0.4, -0.2) is 36.1 Å². The summed E-state index contributed by atoms with van der Waals surface area (Å²) in [5, 5.41) is 0. The fourth-order valence-electron chi connectivity index (χ4n) is 2.22. The van der Waals surface area contributed by atoms with E-state index in [1.807, 2.05) is 6.92 Å². The molecule has 3 atom stereocenters. The first-order valence-corrected chi connectivity index (χ1v) is 5.59. The third kappa shape index (κ3) is 2.78. The molecule has 0 saturated carbocycles. The van der Waals surface area contributed by atoms with Gasteiger partial charge >= 0.3 is 13.4 Å². The monoisotopic (exact) mass is 338 g/mol. The smallest absolute Gasteiger partial charge is 0.439 e. The second-order valence-corrected chi connectivity index (χ2v) is 4.30. The first-order valence-electron chi connectivity index (χ1n) is 5.59. The minimum absolute atomic E-state index is 0. The van der Waals surface area contributed by atoms with Crippen LogP contribution >= 0.6 is 0 Å². The van der Waals surface area contributed by atoms with Gasteiger partial charge in [-0.15, -0.1) is 0 Å². The summed E-state index contributed by atoms with van der Waals surface area (Å²) in [5.41, 5.74) is 5.01. The number of hydrogen-bond donors (Lipinski definition) is 1. The van der Waals surface area contributed by atoms with Gasteiger partial charge in [0, 0.05) is 45.1 Å². The molecule has 2 aliphatic heterocycles. The Labute approximate surface area is 136 Å². The van der Waals surface area contributed by atoms with Crippen LogP contribution in [0.25, 0.3) is 0 Å². The van der Waals surface area contributed by atoms with Gasteiger partial charge in [-0.3, -0.25) is 0 Å². The van der Waals surface area contributed by atoms with Crippen LogP contribution in [0.3, 0.4) is 0 Å². The average molecular weight is 338 g/mol. The third-order valence-electron chi connectivity index (χ3n) is 3.11. The summed E-state index contributed by atoms with van der Waals surface area (Å²) in [6.45, 7) is 2.30. The molecule has 19 heavy (non-hydrogen) atoms. The van der Waals surface area contributed by atoms with Gasteiger partial charge in [-0.05, 0) is 12.2 Å². The minimum Gasteiger partial charge on any atom is -0.439 e. The van der Waals surface area contributed by atoms with Gasteiger partial charge in [-0.2, -0.15) is 11.9 Å². The number of nitrogen functional groups attached to an aromatic ring is 1. The van der Waals surface area contributed by atoms with E-state index in [9.17, 15) is 4.79 Å². The maximum Gasteiger partial charge on any atom is 0.485 e. The van der Waals surface area contributed by atoms with E-state index < -0.39 is 11.9 Å². The predicted molar refractivity (Wildman–Crippen MR) is 62.3 cm³/mol. The van der Waals surface area contributed by atoms with Gasteiger partial charge in [0.2, 0.25) is 0 Å². The van der Waals surface area contributed by atoms with E-state index in [1.54, 1.807) is 12.3 Å². The van der Waals surface area contributed by atoms with Crippen molar-refractivity contribution in [2.45, 2.75) is 25.4 Å². The molecule has 0 bridgehead atoms. The van der Waals surface area contributed by atoms with Crippen LogP contribution in [-0.2, 0) is 46.8 Å². The molecule has 0 aliphatic carbocycles. The molecule has 2 aliphatic rings. The van der Waals surface area contributed by atoms with Crippen molar-refractivity contribution in [1.29, 1.82) is 0 Å². The van der Waals surface area contributed by atoms with Crippen LogP contribution in [0, 0.1) is 5.92 Å². The van der Waals surface area contributed by atoms with Crippen molar-refractivity contribution >= 4 is 13.5 Å². The molecule has 3 rings (SSSR count). The minimum atomic E-state index is -0.490. The van der Waals surface area contributed by atoms with Gasteiger partial charge in [0.1, 0.15) is 5.82 Å². The van der Waals surface area contributed by atoms with Crippen LogP contribution in [0.15, 0.2) is 17.1 Å². The Hall–Kier alpha value is -0.271. The topological polar surface area (TPSA) is 88.6 Å². The average Bonchev–Trinajstić information content (AvgIpc) is 2.68. The molecule has 0 unspecified atom stereocenters. The number of anilines is 1. The van der Waals surface area contributed by atoms with E-state index in [4.69, 9.17) is 19.8 Å². The van der Waals surface area contributed by atoms with Gasteiger partial charge in [-0.1, -0.05) is 0 Å². The normalized spacial score (nSPS) is 30.3. The van der Waals surface area contributed by atoms with E-state index in [1.165, 1.54) is 12.3 Å². The number of aromatic nitrogens is 2. The summed E-state index contributed by atoms with van der Waals surface area (Å²) in [6.07, 6.45) is 0.689. The first kappa shape index (κ1) is 15.1. The van der Waals surface area contributed by atoms with E-state index in [0.717, 1.165) is 5.92 Å². The molecule has 3 heterocycles. The Kier molecular flexibility index (Phi) is 4.79.